The minimum Gasteiger partial charge on any atom is -0.342 e. The maximum absolute atomic E-state index is 12.7. The van der Waals surface area contributed by atoms with Gasteiger partial charge < -0.3 is 4.90 Å². The van der Waals surface area contributed by atoms with Crippen LogP contribution in [0.5, 0.6) is 0 Å². The predicted octanol–water partition coefficient (Wildman–Crippen LogP) is 3.07. The molecule has 98 valence electrons. The molecule has 0 aromatic heterocycles. The molecule has 2 nitrogen and oxygen atoms in total. The summed E-state index contributed by atoms with van der Waals surface area (Å²) in [6.45, 7) is 1.83. The summed E-state index contributed by atoms with van der Waals surface area (Å²) in [4.78, 5) is 13.8. The molecule has 0 saturated carbocycles. The van der Waals surface area contributed by atoms with Gasteiger partial charge in [-0.3, -0.25) is 4.79 Å². The molecule has 1 heterocycles. The Morgan fingerprint density at radius 1 is 1.17 bits per heavy atom. The van der Waals surface area contributed by atoms with Gasteiger partial charge >= 0.3 is 0 Å². The summed E-state index contributed by atoms with van der Waals surface area (Å²) in [7, 11) is 0. The van der Waals surface area contributed by atoms with Crippen molar-refractivity contribution in [3.63, 3.8) is 0 Å². The van der Waals surface area contributed by atoms with E-state index in [0.29, 0.717) is 5.75 Å². The van der Waals surface area contributed by atoms with Gasteiger partial charge in [-0.05, 0) is 37.0 Å². The van der Waals surface area contributed by atoms with E-state index in [0.717, 1.165) is 37.2 Å². The number of carbonyl (C=O) groups excluding carboxylic acids is 1. The average Bonchev–Trinajstić information content (AvgIpc) is 2.42. The van der Waals surface area contributed by atoms with Gasteiger partial charge in [-0.25, -0.2) is 4.39 Å². The lowest BCUT2D eigenvalue weighted by atomic mass is 10.1. The van der Waals surface area contributed by atoms with E-state index in [1.807, 2.05) is 4.90 Å². The number of carbonyl (C=O) groups is 1. The van der Waals surface area contributed by atoms with Crippen LogP contribution in [-0.4, -0.2) is 29.6 Å². The summed E-state index contributed by atoms with van der Waals surface area (Å²) in [5.41, 5.74) is 1.06. The van der Waals surface area contributed by atoms with Crippen LogP contribution in [-0.2, 0) is 10.5 Å². The fourth-order valence-electron chi connectivity index (χ4n) is 2.07. The van der Waals surface area contributed by atoms with Crippen LogP contribution in [0.2, 0.25) is 0 Å². The molecule has 1 aliphatic heterocycles. The van der Waals surface area contributed by atoms with Gasteiger partial charge in [0.15, 0.2) is 0 Å². The monoisotopic (exact) mass is 267 g/mol. The highest BCUT2D eigenvalue weighted by Gasteiger charge is 2.15. The lowest BCUT2D eigenvalue weighted by Crippen LogP contribution is -2.36. The first kappa shape index (κ1) is 13.4. The minimum atomic E-state index is -0.215. The Bertz CT molecular complexity index is 387. The number of thioether (sulfide) groups is 1. The van der Waals surface area contributed by atoms with E-state index < -0.39 is 0 Å². The zero-order chi connectivity index (χ0) is 12.8. The second-order valence-electron chi connectivity index (χ2n) is 4.56. The SMILES string of the molecule is O=C(CSCc1ccc(F)cc1)N1CCCCC1. The Hall–Kier alpha value is -1.03. The van der Waals surface area contributed by atoms with E-state index in [9.17, 15) is 9.18 Å². The molecule has 0 radical (unpaired) electrons. The Morgan fingerprint density at radius 2 is 1.83 bits per heavy atom. The summed E-state index contributed by atoms with van der Waals surface area (Å²) in [5.74, 6) is 1.31. The van der Waals surface area contributed by atoms with Crippen LogP contribution in [0.1, 0.15) is 24.8 Å². The number of rotatable bonds is 4. The van der Waals surface area contributed by atoms with Gasteiger partial charge in [-0.2, -0.15) is 0 Å². The van der Waals surface area contributed by atoms with Crippen molar-refractivity contribution in [2.75, 3.05) is 18.8 Å². The molecule has 0 atom stereocenters. The topological polar surface area (TPSA) is 20.3 Å². The molecule has 1 aromatic rings. The molecular weight excluding hydrogens is 249 g/mol. The number of amides is 1. The van der Waals surface area contributed by atoms with Crippen molar-refractivity contribution >= 4 is 17.7 Å². The van der Waals surface area contributed by atoms with Crippen LogP contribution in [0.15, 0.2) is 24.3 Å². The normalized spacial score (nSPS) is 15.7. The molecule has 1 aromatic carbocycles. The third kappa shape index (κ3) is 4.02. The second-order valence-corrected chi connectivity index (χ2v) is 5.55. The number of nitrogens with zero attached hydrogens (tertiary/aromatic N) is 1. The third-order valence-corrected chi connectivity index (χ3v) is 4.10. The molecule has 1 amide bonds. The summed E-state index contributed by atoms with van der Waals surface area (Å²) in [5, 5.41) is 0. The highest BCUT2D eigenvalue weighted by atomic mass is 32.2. The summed E-state index contributed by atoms with van der Waals surface area (Å²) < 4.78 is 12.7. The number of piperidine rings is 1. The molecular formula is C14H18FNOS. The van der Waals surface area contributed by atoms with Crippen LogP contribution in [0, 0.1) is 5.82 Å². The molecule has 2 rings (SSSR count). The maximum Gasteiger partial charge on any atom is 0.232 e. The number of likely N-dealkylation sites (tertiary alicyclic amines) is 1. The summed E-state index contributed by atoms with van der Waals surface area (Å²) in [6, 6.07) is 6.46. The van der Waals surface area contributed by atoms with Crippen LogP contribution >= 0.6 is 11.8 Å². The van der Waals surface area contributed by atoms with E-state index in [1.54, 1.807) is 23.9 Å². The van der Waals surface area contributed by atoms with Crippen molar-refractivity contribution in [1.82, 2.24) is 4.90 Å². The number of halogens is 1. The van der Waals surface area contributed by atoms with Crippen LogP contribution in [0.25, 0.3) is 0 Å². The molecule has 1 fully saturated rings. The number of hydrogen-bond acceptors (Lipinski definition) is 2. The molecule has 18 heavy (non-hydrogen) atoms. The molecule has 0 bridgehead atoms. The maximum atomic E-state index is 12.7. The van der Waals surface area contributed by atoms with E-state index in [1.165, 1.54) is 18.6 Å². The van der Waals surface area contributed by atoms with Gasteiger partial charge in [-0.1, -0.05) is 12.1 Å². The quantitative estimate of drug-likeness (QED) is 0.835. The summed E-state index contributed by atoms with van der Waals surface area (Å²) >= 11 is 1.60. The Balaban J connectivity index is 1.71. The molecule has 1 saturated heterocycles. The molecule has 4 heteroatoms. The fraction of sp³-hybridized carbons (Fsp3) is 0.500. The molecule has 1 aliphatic rings. The van der Waals surface area contributed by atoms with E-state index in [4.69, 9.17) is 0 Å². The van der Waals surface area contributed by atoms with Gasteiger partial charge in [-0.15, -0.1) is 11.8 Å². The molecule has 0 N–H and O–H groups in total. The van der Waals surface area contributed by atoms with Gasteiger partial charge in [0.25, 0.3) is 0 Å². The molecule has 0 aliphatic carbocycles. The first-order valence-electron chi connectivity index (χ1n) is 6.35. The first-order valence-corrected chi connectivity index (χ1v) is 7.51. The van der Waals surface area contributed by atoms with Gasteiger partial charge in [0.05, 0.1) is 5.75 Å². The van der Waals surface area contributed by atoms with Crippen molar-refractivity contribution in [2.24, 2.45) is 0 Å². The van der Waals surface area contributed by atoms with Crippen LogP contribution in [0.4, 0.5) is 4.39 Å². The van der Waals surface area contributed by atoms with Gasteiger partial charge in [0.1, 0.15) is 5.82 Å². The Morgan fingerprint density at radius 3 is 2.50 bits per heavy atom. The van der Waals surface area contributed by atoms with Crippen molar-refractivity contribution in [3.05, 3.63) is 35.6 Å². The highest BCUT2D eigenvalue weighted by Crippen LogP contribution is 2.15. The minimum absolute atomic E-state index is 0.215. The van der Waals surface area contributed by atoms with Crippen molar-refractivity contribution in [3.8, 4) is 0 Å². The highest BCUT2D eigenvalue weighted by molar-refractivity contribution is 7.99. The Labute approximate surface area is 112 Å². The van der Waals surface area contributed by atoms with Crippen molar-refractivity contribution < 1.29 is 9.18 Å². The Kier molecular flexibility index (Phi) is 5.05. The van der Waals surface area contributed by atoms with Gasteiger partial charge in [0.2, 0.25) is 5.91 Å². The largest absolute Gasteiger partial charge is 0.342 e. The zero-order valence-corrected chi connectivity index (χ0v) is 11.2. The van der Waals surface area contributed by atoms with E-state index in [2.05, 4.69) is 0 Å². The van der Waals surface area contributed by atoms with Gasteiger partial charge in [0, 0.05) is 18.8 Å². The molecule has 0 spiro atoms. The van der Waals surface area contributed by atoms with E-state index in [-0.39, 0.29) is 11.7 Å². The third-order valence-electron chi connectivity index (χ3n) is 3.12. The van der Waals surface area contributed by atoms with Crippen LogP contribution in [0.3, 0.4) is 0 Å². The number of hydrogen-bond donors (Lipinski definition) is 0. The van der Waals surface area contributed by atoms with Crippen LogP contribution < -0.4 is 0 Å². The smallest absolute Gasteiger partial charge is 0.232 e. The zero-order valence-electron chi connectivity index (χ0n) is 10.4. The second kappa shape index (κ2) is 6.78. The van der Waals surface area contributed by atoms with E-state index >= 15 is 0 Å². The lowest BCUT2D eigenvalue weighted by molar-refractivity contribution is -0.129. The van der Waals surface area contributed by atoms with Crippen molar-refractivity contribution in [2.45, 2.75) is 25.0 Å². The fourth-order valence-corrected chi connectivity index (χ4v) is 2.96. The predicted molar refractivity (Wildman–Crippen MR) is 73.0 cm³/mol. The number of benzene rings is 1. The average molecular weight is 267 g/mol. The lowest BCUT2D eigenvalue weighted by Gasteiger charge is -2.26. The first-order chi connectivity index (χ1) is 8.75. The summed E-state index contributed by atoms with van der Waals surface area (Å²) in [6.07, 6.45) is 3.51. The molecule has 0 unspecified atom stereocenters. The van der Waals surface area contributed by atoms with Crippen molar-refractivity contribution in [1.29, 1.82) is 0 Å². The standard InChI is InChI=1S/C14H18FNOS/c15-13-6-4-12(5-7-13)10-18-11-14(17)16-8-2-1-3-9-16/h4-7H,1-3,8-11H2.